The summed E-state index contributed by atoms with van der Waals surface area (Å²) in [4.78, 5) is 0. The van der Waals surface area contributed by atoms with E-state index in [0.29, 0.717) is 12.2 Å². The molecule has 0 aliphatic carbocycles. The lowest BCUT2D eigenvalue weighted by Gasteiger charge is -2.39. The third kappa shape index (κ3) is 4.92. The van der Waals surface area contributed by atoms with Crippen LogP contribution in [0.5, 0.6) is 5.75 Å². The van der Waals surface area contributed by atoms with Crippen LogP contribution in [-0.4, -0.2) is 73.6 Å². The minimum atomic E-state index is -1.50. The lowest BCUT2D eigenvalue weighted by Crippen LogP contribution is -2.60. The molecule has 0 spiro atoms. The van der Waals surface area contributed by atoms with E-state index in [1.54, 1.807) is 17.1 Å². The molecule has 1 saturated heterocycles. The standard InChI is InChI=1S/C24H29N3O6S/c1-2-13-3-5-14(6-4-13)17-11-18(27(26-17)24(25)34)15-7-9-16(10-8-15)32-23-22(31)21(30)20(29)19(12-28)33-23/h3-10,18-23,28-31H,2,11-12H2,1H3,(H2,25,34)/t18?,19-,20-,21-,22-,23-/m1/s1. The molecule has 2 heterocycles. The highest BCUT2D eigenvalue weighted by atomic mass is 32.1. The number of rotatable bonds is 6. The van der Waals surface area contributed by atoms with Crippen molar-refractivity contribution in [2.45, 2.75) is 56.5 Å². The second kappa shape index (κ2) is 10.3. The Morgan fingerprint density at radius 3 is 2.35 bits per heavy atom. The van der Waals surface area contributed by atoms with Gasteiger partial charge in [-0.15, -0.1) is 0 Å². The van der Waals surface area contributed by atoms with Gasteiger partial charge >= 0.3 is 0 Å². The van der Waals surface area contributed by atoms with Gasteiger partial charge in [0, 0.05) is 6.42 Å². The molecule has 10 heteroatoms. The molecule has 0 amide bonds. The fourth-order valence-corrected chi connectivity index (χ4v) is 4.32. The third-order valence-corrected chi connectivity index (χ3v) is 6.38. The van der Waals surface area contributed by atoms with E-state index in [4.69, 9.17) is 27.4 Å². The van der Waals surface area contributed by atoms with Gasteiger partial charge in [0.05, 0.1) is 18.4 Å². The first-order valence-electron chi connectivity index (χ1n) is 11.1. The first kappa shape index (κ1) is 24.5. The van der Waals surface area contributed by atoms with E-state index in [1.165, 1.54) is 5.56 Å². The van der Waals surface area contributed by atoms with Crippen LogP contribution < -0.4 is 10.5 Å². The lowest BCUT2D eigenvalue weighted by atomic mass is 9.97. The highest BCUT2D eigenvalue weighted by molar-refractivity contribution is 7.80. The molecule has 6 N–H and O–H groups in total. The third-order valence-electron chi connectivity index (χ3n) is 6.20. The maximum Gasteiger partial charge on any atom is 0.229 e. The molecule has 0 saturated carbocycles. The molecule has 0 aromatic heterocycles. The number of aliphatic hydroxyl groups is 4. The first-order valence-corrected chi connectivity index (χ1v) is 11.6. The van der Waals surface area contributed by atoms with Gasteiger partial charge in [0.25, 0.3) is 0 Å². The van der Waals surface area contributed by atoms with E-state index in [1.807, 2.05) is 12.1 Å². The van der Waals surface area contributed by atoms with Crippen molar-refractivity contribution in [3.63, 3.8) is 0 Å². The van der Waals surface area contributed by atoms with Crippen molar-refractivity contribution in [3.05, 3.63) is 65.2 Å². The van der Waals surface area contributed by atoms with E-state index in [-0.39, 0.29) is 11.2 Å². The number of aliphatic hydroxyl groups excluding tert-OH is 4. The average Bonchev–Trinajstić information content (AvgIpc) is 3.31. The van der Waals surface area contributed by atoms with E-state index < -0.39 is 37.3 Å². The van der Waals surface area contributed by atoms with Crippen LogP contribution >= 0.6 is 12.2 Å². The Bertz CT molecular complexity index is 1030. The molecule has 4 rings (SSSR count). The van der Waals surface area contributed by atoms with Gasteiger partial charge in [-0.2, -0.15) is 5.10 Å². The summed E-state index contributed by atoms with van der Waals surface area (Å²) >= 11 is 5.23. The van der Waals surface area contributed by atoms with Crippen molar-refractivity contribution < 1.29 is 29.9 Å². The number of nitrogens with zero attached hydrogens (tertiary/aromatic N) is 2. The smallest absolute Gasteiger partial charge is 0.229 e. The molecule has 0 bridgehead atoms. The summed E-state index contributed by atoms with van der Waals surface area (Å²) < 4.78 is 11.1. The summed E-state index contributed by atoms with van der Waals surface area (Å²) in [5.74, 6) is 0.379. The van der Waals surface area contributed by atoms with E-state index in [2.05, 4.69) is 36.3 Å². The largest absolute Gasteiger partial charge is 0.462 e. The quantitative estimate of drug-likeness (QED) is 0.375. The number of hydrogen-bond acceptors (Lipinski definition) is 8. The van der Waals surface area contributed by atoms with Gasteiger partial charge in [0.15, 0.2) is 5.11 Å². The summed E-state index contributed by atoms with van der Waals surface area (Å²) in [5, 5.41) is 45.8. The maximum atomic E-state index is 10.2. The number of hydrogen-bond donors (Lipinski definition) is 5. The molecule has 34 heavy (non-hydrogen) atoms. The van der Waals surface area contributed by atoms with E-state index in [0.717, 1.165) is 23.3 Å². The Labute approximate surface area is 203 Å². The summed E-state index contributed by atoms with van der Waals surface area (Å²) in [6.45, 7) is 1.58. The van der Waals surface area contributed by atoms with Crippen molar-refractivity contribution in [1.82, 2.24) is 5.01 Å². The van der Waals surface area contributed by atoms with Crippen LogP contribution in [0.3, 0.4) is 0 Å². The number of thiocarbonyl (C=S) groups is 1. The Hall–Kier alpha value is -2.60. The van der Waals surface area contributed by atoms with Crippen LogP contribution in [0.4, 0.5) is 0 Å². The Morgan fingerprint density at radius 1 is 1.09 bits per heavy atom. The molecule has 9 nitrogen and oxygen atoms in total. The summed E-state index contributed by atoms with van der Waals surface area (Å²) in [5.41, 5.74) is 10.0. The molecule has 2 aromatic carbocycles. The number of nitrogens with two attached hydrogens (primary N) is 1. The fraction of sp³-hybridized carbons (Fsp3) is 0.417. The van der Waals surface area contributed by atoms with Gasteiger partial charge in [-0.3, -0.25) is 0 Å². The highest BCUT2D eigenvalue weighted by Crippen LogP contribution is 2.34. The van der Waals surface area contributed by atoms with Gasteiger partial charge in [0.1, 0.15) is 30.2 Å². The molecule has 2 aliphatic rings. The molecule has 6 atom stereocenters. The van der Waals surface area contributed by atoms with Crippen molar-refractivity contribution in [2.75, 3.05) is 6.61 Å². The highest BCUT2D eigenvalue weighted by Gasteiger charge is 2.44. The van der Waals surface area contributed by atoms with Crippen LogP contribution in [0.2, 0.25) is 0 Å². The number of benzene rings is 2. The van der Waals surface area contributed by atoms with Crippen LogP contribution in [0, 0.1) is 0 Å². The molecule has 2 aromatic rings. The van der Waals surface area contributed by atoms with Crippen LogP contribution in [0.15, 0.2) is 53.6 Å². The molecule has 1 fully saturated rings. The summed E-state index contributed by atoms with van der Waals surface area (Å²) in [7, 11) is 0. The SMILES string of the molecule is CCc1ccc(C2=NN(C(N)=S)C(c3ccc(O[C@@H]4O[C@H](CO)[C@@H](O)[C@@H](O)[C@H]4O)cc3)C2)cc1. The van der Waals surface area contributed by atoms with Gasteiger partial charge in [-0.05, 0) is 47.5 Å². The molecule has 2 aliphatic heterocycles. The monoisotopic (exact) mass is 487 g/mol. The topological polar surface area (TPSA) is 141 Å². The normalized spacial score (nSPS) is 29.1. The van der Waals surface area contributed by atoms with Gasteiger partial charge in [0.2, 0.25) is 6.29 Å². The van der Waals surface area contributed by atoms with E-state index in [9.17, 15) is 20.4 Å². The summed E-state index contributed by atoms with van der Waals surface area (Å²) in [6.07, 6.45) is -5.13. The average molecular weight is 488 g/mol. The first-order chi connectivity index (χ1) is 16.3. The molecule has 1 unspecified atom stereocenters. The zero-order chi connectivity index (χ0) is 24.4. The predicted molar refractivity (Wildman–Crippen MR) is 129 cm³/mol. The van der Waals surface area contributed by atoms with Gasteiger partial charge in [-0.25, -0.2) is 5.01 Å². The second-order valence-electron chi connectivity index (χ2n) is 8.38. The molecule has 182 valence electrons. The van der Waals surface area contributed by atoms with Crippen molar-refractivity contribution in [3.8, 4) is 5.75 Å². The van der Waals surface area contributed by atoms with E-state index >= 15 is 0 Å². The Balaban J connectivity index is 1.48. The minimum absolute atomic E-state index is 0.173. The molecular weight excluding hydrogens is 458 g/mol. The fourth-order valence-electron chi connectivity index (χ4n) is 4.15. The van der Waals surface area contributed by atoms with Crippen molar-refractivity contribution >= 4 is 23.0 Å². The van der Waals surface area contributed by atoms with Crippen molar-refractivity contribution in [2.24, 2.45) is 10.8 Å². The number of hydrazone groups is 1. The minimum Gasteiger partial charge on any atom is -0.462 e. The zero-order valence-corrected chi connectivity index (χ0v) is 19.5. The second-order valence-corrected chi connectivity index (χ2v) is 8.80. The summed E-state index contributed by atoms with van der Waals surface area (Å²) in [6, 6.07) is 15.2. The predicted octanol–water partition coefficient (Wildman–Crippen LogP) is 0.822. The Kier molecular flexibility index (Phi) is 7.46. The van der Waals surface area contributed by atoms with Gasteiger partial charge < -0.3 is 35.6 Å². The number of ether oxygens (including phenoxy) is 2. The Morgan fingerprint density at radius 2 is 1.76 bits per heavy atom. The van der Waals surface area contributed by atoms with Crippen LogP contribution in [0.25, 0.3) is 0 Å². The molecular formula is C24H29N3O6S. The van der Waals surface area contributed by atoms with Crippen molar-refractivity contribution in [1.29, 1.82) is 0 Å². The number of aryl methyl sites for hydroxylation is 1. The zero-order valence-electron chi connectivity index (χ0n) is 18.7. The van der Waals surface area contributed by atoms with Crippen LogP contribution in [0.1, 0.15) is 36.1 Å². The lowest BCUT2D eigenvalue weighted by molar-refractivity contribution is -0.277. The maximum absolute atomic E-state index is 10.2. The van der Waals surface area contributed by atoms with Gasteiger partial charge in [-0.1, -0.05) is 43.3 Å². The molecule has 0 radical (unpaired) electrons. The van der Waals surface area contributed by atoms with Crippen LogP contribution in [-0.2, 0) is 11.2 Å².